The number of hydrogen-bond donors (Lipinski definition) is 2. The molecule has 0 aliphatic carbocycles. The highest BCUT2D eigenvalue weighted by Gasteiger charge is 2.23. The van der Waals surface area contributed by atoms with E-state index in [9.17, 15) is 30.4 Å². The molecule has 10 heteroatoms. The molecule has 0 fully saturated rings. The van der Waals surface area contributed by atoms with Crippen LogP contribution in [0.3, 0.4) is 0 Å². The zero-order valence-electron chi connectivity index (χ0n) is 11.2. The topological polar surface area (TPSA) is 127 Å². The molecule has 8 nitrogen and oxygen atoms in total. The number of rotatable bonds is 4. The van der Waals surface area contributed by atoms with Crippen molar-refractivity contribution in [2.75, 3.05) is 0 Å². The summed E-state index contributed by atoms with van der Waals surface area (Å²) in [5.41, 5.74) is -1.17. The van der Waals surface area contributed by atoms with Gasteiger partial charge in [-0.25, -0.2) is 0 Å². The van der Waals surface area contributed by atoms with E-state index in [1.165, 1.54) is 12.1 Å². The van der Waals surface area contributed by atoms with Crippen LogP contribution in [0.5, 0.6) is 11.5 Å². The number of phenolic OH excluding ortho intramolecular Hbond substituents is 2. The zero-order chi connectivity index (χ0) is 17.3. The van der Waals surface area contributed by atoms with Crippen molar-refractivity contribution in [3.05, 3.63) is 65.7 Å². The number of nitrogens with zero attached hydrogens (tertiary/aromatic N) is 2. The minimum Gasteiger partial charge on any atom is -0.502 e. The van der Waals surface area contributed by atoms with Crippen molar-refractivity contribution in [3.8, 4) is 11.5 Å². The number of halogens is 2. The van der Waals surface area contributed by atoms with E-state index in [4.69, 9.17) is 23.2 Å². The largest absolute Gasteiger partial charge is 0.502 e. The number of aromatic hydroxyl groups is 2. The molecular weight excluding hydrogens is 351 g/mol. The lowest BCUT2D eigenvalue weighted by atomic mass is 10.0. The smallest absolute Gasteiger partial charge is 0.312 e. The molecule has 0 bridgehead atoms. The van der Waals surface area contributed by atoms with E-state index in [1.807, 2.05) is 0 Å². The van der Waals surface area contributed by atoms with E-state index >= 15 is 0 Å². The second-order valence-electron chi connectivity index (χ2n) is 4.56. The van der Waals surface area contributed by atoms with Crippen molar-refractivity contribution >= 4 is 34.6 Å². The van der Waals surface area contributed by atoms with E-state index < -0.39 is 32.7 Å². The molecule has 0 saturated heterocycles. The molecule has 0 radical (unpaired) electrons. The minimum absolute atomic E-state index is 0.000479. The first-order valence-electron chi connectivity index (χ1n) is 6.02. The van der Waals surface area contributed by atoms with Crippen LogP contribution in [-0.2, 0) is 6.42 Å². The van der Waals surface area contributed by atoms with Crippen LogP contribution in [0.15, 0.2) is 24.3 Å². The maximum atomic E-state index is 10.9. The Morgan fingerprint density at radius 2 is 1.17 bits per heavy atom. The first-order valence-corrected chi connectivity index (χ1v) is 6.78. The monoisotopic (exact) mass is 358 g/mol. The maximum Gasteiger partial charge on any atom is 0.312 e. The number of phenols is 2. The normalized spacial score (nSPS) is 10.5. The average molecular weight is 359 g/mol. The molecule has 2 aromatic carbocycles. The Bertz CT molecular complexity index is 757. The van der Waals surface area contributed by atoms with E-state index in [0.29, 0.717) is 0 Å². The summed E-state index contributed by atoms with van der Waals surface area (Å²) < 4.78 is 0. The second-order valence-corrected chi connectivity index (χ2v) is 5.43. The first kappa shape index (κ1) is 16.8. The third-order valence-electron chi connectivity index (χ3n) is 3.04. The molecular formula is C13H8Cl2N2O6. The van der Waals surface area contributed by atoms with E-state index in [0.717, 1.165) is 12.1 Å². The van der Waals surface area contributed by atoms with Crippen LogP contribution >= 0.6 is 23.2 Å². The Morgan fingerprint density at radius 1 is 0.826 bits per heavy atom. The fourth-order valence-corrected chi connectivity index (χ4v) is 2.50. The van der Waals surface area contributed by atoms with E-state index in [2.05, 4.69) is 0 Å². The molecule has 2 aromatic rings. The molecule has 0 atom stereocenters. The fraction of sp³-hybridized carbons (Fsp3) is 0.0769. The van der Waals surface area contributed by atoms with Gasteiger partial charge in [-0.2, -0.15) is 0 Å². The molecule has 2 rings (SSSR count). The van der Waals surface area contributed by atoms with Gasteiger partial charge in [0.05, 0.1) is 9.85 Å². The van der Waals surface area contributed by atoms with Crippen molar-refractivity contribution in [1.29, 1.82) is 0 Å². The van der Waals surface area contributed by atoms with Gasteiger partial charge in [0.1, 0.15) is 0 Å². The molecule has 0 aliphatic rings. The van der Waals surface area contributed by atoms with Gasteiger partial charge in [0.2, 0.25) is 0 Å². The number of nitro benzene ring substituents is 2. The van der Waals surface area contributed by atoms with Gasteiger partial charge in [-0.1, -0.05) is 23.2 Å². The minimum atomic E-state index is -0.814. The highest BCUT2D eigenvalue weighted by atomic mass is 35.5. The van der Waals surface area contributed by atoms with Crippen molar-refractivity contribution in [2.45, 2.75) is 6.42 Å². The summed E-state index contributed by atoms with van der Waals surface area (Å²) in [6, 6.07) is 4.47. The molecule has 120 valence electrons. The lowest BCUT2D eigenvalue weighted by molar-refractivity contribution is -0.386. The van der Waals surface area contributed by atoms with E-state index in [-0.39, 0.29) is 27.6 Å². The van der Waals surface area contributed by atoms with Gasteiger partial charge in [-0.15, -0.1) is 0 Å². The lowest BCUT2D eigenvalue weighted by Gasteiger charge is -2.09. The standard InChI is InChI=1S/C13H8Cl2N2O6/c14-8-2-6(12(18)10(4-8)16(20)21)1-7-3-9(15)5-11(13(7)19)17(22)23/h2-5,18-19H,1H2. The quantitative estimate of drug-likeness (QED) is 0.631. The molecule has 0 amide bonds. The Hall–Kier alpha value is -2.58. The van der Waals surface area contributed by atoms with Crippen molar-refractivity contribution in [2.24, 2.45) is 0 Å². The number of hydrogen-bond acceptors (Lipinski definition) is 6. The summed E-state index contributed by atoms with van der Waals surface area (Å²) in [5.74, 6) is -1.28. The van der Waals surface area contributed by atoms with E-state index in [1.54, 1.807) is 0 Å². The Balaban J connectivity index is 2.56. The average Bonchev–Trinajstić information content (AvgIpc) is 2.45. The van der Waals surface area contributed by atoms with Gasteiger partial charge >= 0.3 is 11.4 Å². The Labute approximate surface area is 138 Å². The third-order valence-corrected chi connectivity index (χ3v) is 3.48. The molecule has 0 unspecified atom stereocenters. The number of nitro groups is 2. The Kier molecular flexibility index (Phi) is 4.57. The van der Waals surface area contributed by atoms with Crippen LogP contribution in [0.2, 0.25) is 10.0 Å². The van der Waals surface area contributed by atoms with Gasteiger partial charge in [-0.05, 0) is 12.1 Å². The molecule has 0 aromatic heterocycles. The van der Waals surface area contributed by atoms with Gasteiger partial charge < -0.3 is 10.2 Å². The molecule has 0 saturated carbocycles. The maximum absolute atomic E-state index is 10.9. The number of benzene rings is 2. The van der Waals surface area contributed by atoms with Crippen LogP contribution in [0.25, 0.3) is 0 Å². The highest BCUT2D eigenvalue weighted by Crippen LogP contribution is 2.39. The van der Waals surface area contributed by atoms with Crippen molar-refractivity contribution < 1.29 is 20.1 Å². The second kappa shape index (κ2) is 6.27. The zero-order valence-corrected chi connectivity index (χ0v) is 12.7. The van der Waals surface area contributed by atoms with Crippen molar-refractivity contribution in [1.82, 2.24) is 0 Å². The lowest BCUT2D eigenvalue weighted by Crippen LogP contribution is -1.97. The fourth-order valence-electron chi connectivity index (χ4n) is 2.03. The third kappa shape index (κ3) is 3.43. The van der Waals surface area contributed by atoms with Crippen LogP contribution in [0.4, 0.5) is 11.4 Å². The highest BCUT2D eigenvalue weighted by molar-refractivity contribution is 6.31. The van der Waals surface area contributed by atoms with Crippen LogP contribution in [0.1, 0.15) is 11.1 Å². The summed E-state index contributed by atoms with van der Waals surface area (Å²) in [6.07, 6.45) is -0.236. The summed E-state index contributed by atoms with van der Waals surface area (Å²) in [5, 5.41) is 41.6. The van der Waals surface area contributed by atoms with Gasteiger partial charge in [-0.3, -0.25) is 20.2 Å². The molecule has 0 heterocycles. The van der Waals surface area contributed by atoms with Gasteiger partial charge in [0, 0.05) is 39.7 Å². The predicted octanol–water partition coefficient (Wildman–Crippen LogP) is 3.81. The molecule has 0 aliphatic heterocycles. The van der Waals surface area contributed by atoms with Gasteiger partial charge in [0.15, 0.2) is 11.5 Å². The summed E-state index contributed by atoms with van der Waals surface area (Å²) in [6.45, 7) is 0. The van der Waals surface area contributed by atoms with Crippen LogP contribution < -0.4 is 0 Å². The van der Waals surface area contributed by atoms with Crippen LogP contribution in [0, 0.1) is 20.2 Å². The molecule has 2 N–H and O–H groups in total. The Morgan fingerprint density at radius 3 is 1.48 bits per heavy atom. The SMILES string of the molecule is O=[N+]([O-])c1cc(Cl)cc(Cc2cc(Cl)cc([N+](=O)[O-])c2O)c1O. The summed E-state index contributed by atoms with van der Waals surface area (Å²) >= 11 is 11.5. The summed E-state index contributed by atoms with van der Waals surface area (Å²) in [7, 11) is 0. The molecule has 0 spiro atoms. The van der Waals surface area contributed by atoms with Gasteiger partial charge in [0.25, 0.3) is 0 Å². The van der Waals surface area contributed by atoms with Crippen molar-refractivity contribution in [3.63, 3.8) is 0 Å². The molecule has 23 heavy (non-hydrogen) atoms. The summed E-state index contributed by atoms with van der Waals surface area (Å²) in [4.78, 5) is 20.1. The van der Waals surface area contributed by atoms with Crippen LogP contribution in [-0.4, -0.2) is 20.1 Å². The predicted molar refractivity (Wildman–Crippen MR) is 82.3 cm³/mol. The first-order chi connectivity index (χ1) is 10.7.